The molecule has 0 radical (unpaired) electrons. The van der Waals surface area contributed by atoms with Crippen molar-refractivity contribution in [2.75, 3.05) is 0 Å². The van der Waals surface area contributed by atoms with Gasteiger partial charge in [0.2, 0.25) is 0 Å². The van der Waals surface area contributed by atoms with E-state index in [9.17, 15) is 4.79 Å². The van der Waals surface area contributed by atoms with Crippen molar-refractivity contribution in [2.24, 2.45) is 17.1 Å². The van der Waals surface area contributed by atoms with Gasteiger partial charge in [0.15, 0.2) is 0 Å². The molecule has 0 saturated heterocycles. The SMILES string of the molecule is CC1(C)CCC(C(N)C(=O)OC(C)(C)C)CC1. The second-order valence-corrected chi connectivity index (χ2v) is 7.06. The molecule has 3 heteroatoms. The van der Waals surface area contributed by atoms with E-state index in [2.05, 4.69) is 13.8 Å². The van der Waals surface area contributed by atoms with Gasteiger partial charge in [-0.2, -0.15) is 0 Å². The normalized spacial score (nSPS) is 23.2. The largest absolute Gasteiger partial charge is 0.459 e. The Balaban J connectivity index is 2.49. The first-order valence-corrected chi connectivity index (χ1v) is 6.59. The Bertz CT molecular complexity index is 268. The Morgan fingerprint density at radius 3 is 2.18 bits per heavy atom. The standard InChI is InChI=1S/C14H27NO2/c1-13(2,3)17-12(16)11(15)10-6-8-14(4,5)9-7-10/h10-11H,6-9,15H2,1-5H3. The van der Waals surface area contributed by atoms with Gasteiger partial charge in [0.1, 0.15) is 11.6 Å². The van der Waals surface area contributed by atoms with Crippen LogP contribution >= 0.6 is 0 Å². The molecule has 0 amide bonds. The first kappa shape index (κ1) is 14.5. The number of carbonyl (C=O) groups is 1. The van der Waals surface area contributed by atoms with E-state index in [4.69, 9.17) is 10.5 Å². The molecule has 1 saturated carbocycles. The number of hydrogen-bond donors (Lipinski definition) is 1. The lowest BCUT2D eigenvalue weighted by atomic mass is 9.71. The van der Waals surface area contributed by atoms with Crippen LogP contribution in [0.4, 0.5) is 0 Å². The third-order valence-electron chi connectivity index (χ3n) is 3.57. The van der Waals surface area contributed by atoms with Crippen LogP contribution < -0.4 is 5.73 Å². The molecule has 0 heterocycles. The fourth-order valence-electron chi connectivity index (χ4n) is 2.34. The van der Waals surface area contributed by atoms with Crippen molar-refractivity contribution in [1.29, 1.82) is 0 Å². The Morgan fingerprint density at radius 2 is 1.76 bits per heavy atom. The van der Waals surface area contributed by atoms with Crippen LogP contribution in [-0.4, -0.2) is 17.6 Å². The summed E-state index contributed by atoms with van der Waals surface area (Å²) in [7, 11) is 0. The molecule has 100 valence electrons. The predicted molar refractivity (Wildman–Crippen MR) is 69.6 cm³/mol. The predicted octanol–water partition coefficient (Wildman–Crippen LogP) is 2.87. The quantitative estimate of drug-likeness (QED) is 0.756. The summed E-state index contributed by atoms with van der Waals surface area (Å²) < 4.78 is 5.34. The van der Waals surface area contributed by atoms with E-state index < -0.39 is 11.6 Å². The van der Waals surface area contributed by atoms with Gasteiger partial charge in [-0.15, -0.1) is 0 Å². The van der Waals surface area contributed by atoms with Crippen molar-refractivity contribution in [3.05, 3.63) is 0 Å². The summed E-state index contributed by atoms with van der Waals surface area (Å²) in [4.78, 5) is 11.9. The van der Waals surface area contributed by atoms with Crippen LogP contribution in [0.15, 0.2) is 0 Å². The van der Waals surface area contributed by atoms with Gasteiger partial charge in [-0.05, 0) is 57.8 Å². The summed E-state index contributed by atoms with van der Waals surface area (Å²) in [5.74, 6) is 0.0417. The highest BCUT2D eigenvalue weighted by atomic mass is 16.6. The van der Waals surface area contributed by atoms with Crippen molar-refractivity contribution in [3.8, 4) is 0 Å². The maximum absolute atomic E-state index is 11.9. The average Bonchev–Trinajstić information content (AvgIpc) is 2.14. The summed E-state index contributed by atoms with van der Waals surface area (Å²) in [6.07, 6.45) is 4.36. The molecule has 0 bridgehead atoms. The summed E-state index contributed by atoms with van der Waals surface area (Å²) >= 11 is 0. The van der Waals surface area contributed by atoms with E-state index in [-0.39, 0.29) is 11.9 Å². The number of rotatable bonds is 2. The molecular formula is C14H27NO2. The summed E-state index contributed by atoms with van der Waals surface area (Å²) in [6.45, 7) is 10.2. The van der Waals surface area contributed by atoms with Crippen LogP contribution in [0.5, 0.6) is 0 Å². The molecule has 1 aliphatic carbocycles. The van der Waals surface area contributed by atoms with Gasteiger partial charge in [-0.25, -0.2) is 0 Å². The van der Waals surface area contributed by atoms with Gasteiger partial charge in [0, 0.05) is 0 Å². The third-order valence-corrected chi connectivity index (χ3v) is 3.57. The van der Waals surface area contributed by atoms with Crippen LogP contribution in [0, 0.1) is 11.3 Å². The summed E-state index contributed by atoms with van der Waals surface area (Å²) in [6, 6.07) is -0.453. The number of ether oxygens (including phenoxy) is 1. The van der Waals surface area contributed by atoms with Crippen LogP contribution in [0.2, 0.25) is 0 Å². The molecular weight excluding hydrogens is 214 g/mol. The zero-order valence-electron chi connectivity index (χ0n) is 11.9. The van der Waals surface area contributed by atoms with Crippen LogP contribution in [0.3, 0.4) is 0 Å². The van der Waals surface area contributed by atoms with Crippen molar-refractivity contribution >= 4 is 5.97 Å². The van der Waals surface area contributed by atoms with Gasteiger partial charge >= 0.3 is 5.97 Å². The minimum Gasteiger partial charge on any atom is -0.459 e. The second-order valence-electron chi connectivity index (χ2n) is 7.06. The first-order valence-electron chi connectivity index (χ1n) is 6.59. The Kier molecular flexibility index (Phi) is 4.23. The summed E-state index contributed by atoms with van der Waals surface area (Å²) in [5, 5.41) is 0. The van der Waals surface area contributed by atoms with Crippen LogP contribution in [0.25, 0.3) is 0 Å². The smallest absolute Gasteiger partial charge is 0.323 e. The maximum atomic E-state index is 11.9. The lowest BCUT2D eigenvalue weighted by Crippen LogP contribution is -2.44. The summed E-state index contributed by atoms with van der Waals surface area (Å²) in [5.41, 5.74) is 5.98. The molecule has 2 N–H and O–H groups in total. The van der Waals surface area contributed by atoms with Gasteiger partial charge in [0.25, 0.3) is 0 Å². The third kappa shape index (κ3) is 4.66. The molecule has 1 aliphatic rings. The van der Waals surface area contributed by atoms with Crippen molar-refractivity contribution < 1.29 is 9.53 Å². The van der Waals surface area contributed by atoms with Gasteiger partial charge in [-0.3, -0.25) is 4.79 Å². The van der Waals surface area contributed by atoms with E-state index in [1.165, 1.54) is 0 Å². The first-order chi connectivity index (χ1) is 7.61. The average molecular weight is 241 g/mol. The molecule has 0 aromatic heterocycles. The number of nitrogens with two attached hydrogens (primary N) is 1. The molecule has 0 spiro atoms. The second kappa shape index (κ2) is 4.97. The Labute approximate surface area is 105 Å². The fourth-order valence-corrected chi connectivity index (χ4v) is 2.34. The number of carbonyl (C=O) groups excluding carboxylic acids is 1. The molecule has 1 fully saturated rings. The highest BCUT2D eigenvalue weighted by molar-refractivity contribution is 5.76. The molecule has 1 atom stereocenters. The number of hydrogen-bond acceptors (Lipinski definition) is 3. The number of esters is 1. The van der Waals surface area contributed by atoms with Gasteiger partial charge < -0.3 is 10.5 Å². The van der Waals surface area contributed by atoms with Gasteiger partial charge in [0.05, 0.1) is 0 Å². The molecule has 17 heavy (non-hydrogen) atoms. The molecule has 1 rings (SSSR count). The fraction of sp³-hybridized carbons (Fsp3) is 0.929. The molecule has 1 unspecified atom stereocenters. The highest BCUT2D eigenvalue weighted by Crippen LogP contribution is 2.39. The molecule has 0 aromatic rings. The molecule has 0 aliphatic heterocycles. The van der Waals surface area contributed by atoms with Crippen LogP contribution in [0.1, 0.15) is 60.3 Å². The minimum atomic E-state index is -0.453. The van der Waals surface area contributed by atoms with Gasteiger partial charge in [-0.1, -0.05) is 13.8 Å². The molecule has 3 nitrogen and oxygen atoms in total. The molecule has 0 aromatic carbocycles. The highest BCUT2D eigenvalue weighted by Gasteiger charge is 2.34. The van der Waals surface area contributed by atoms with Crippen molar-refractivity contribution in [1.82, 2.24) is 0 Å². The van der Waals surface area contributed by atoms with Crippen molar-refractivity contribution in [3.63, 3.8) is 0 Å². The Morgan fingerprint density at radius 1 is 1.29 bits per heavy atom. The topological polar surface area (TPSA) is 52.3 Å². The lowest BCUT2D eigenvalue weighted by molar-refractivity contribution is -0.158. The van der Waals surface area contributed by atoms with Crippen LogP contribution in [-0.2, 0) is 9.53 Å². The van der Waals surface area contributed by atoms with E-state index in [1.54, 1.807) is 0 Å². The zero-order valence-corrected chi connectivity index (χ0v) is 11.9. The minimum absolute atomic E-state index is 0.248. The van der Waals surface area contributed by atoms with Crippen molar-refractivity contribution in [2.45, 2.75) is 71.9 Å². The zero-order chi connectivity index (χ0) is 13.3. The van der Waals surface area contributed by atoms with E-state index in [1.807, 2.05) is 20.8 Å². The monoisotopic (exact) mass is 241 g/mol. The lowest BCUT2D eigenvalue weighted by Gasteiger charge is -2.36. The van der Waals surface area contributed by atoms with E-state index in [0.29, 0.717) is 5.41 Å². The van der Waals surface area contributed by atoms with E-state index in [0.717, 1.165) is 25.7 Å². The Hall–Kier alpha value is -0.570. The van der Waals surface area contributed by atoms with E-state index >= 15 is 0 Å². The maximum Gasteiger partial charge on any atom is 0.323 e.